The standard InChI is InChI=1S/C30H34N6O5/c1-3-29(4-2)17-35(15-19-5-7-20(8-6-19)26-31-18-41-34-26)14-13-30(29,40)24-11-9-21-22(32-24)16-36(28(21)39)23-10-12-25(37)33-27(23)38/h5-9,11,18,23,40H,3-4,10,12-17H2,1-2H3,(H,33,37,38)/t23?,30-/m0/s1. The Bertz CT molecular complexity index is 1470. The van der Waals surface area contributed by atoms with Crippen LogP contribution in [-0.2, 0) is 28.3 Å². The molecule has 1 unspecified atom stereocenters. The third-order valence-electron chi connectivity index (χ3n) is 9.32. The number of amides is 3. The molecule has 0 bridgehead atoms. The highest BCUT2D eigenvalue weighted by Crippen LogP contribution is 2.50. The Morgan fingerprint density at radius 3 is 2.56 bits per heavy atom. The van der Waals surface area contributed by atoms with Crippen LogP contribution in [-0.4, -0.2) is 66.9 Å². The largest absolute Gasteiger partial charge is 0.383 e. The quantitative estimate of drug-likeness (QED) is 0.419. The van der Waals surface area contributed by atoms with Gasteiger partial charge in [0.15, 0.2) is 0 Å². The smallest absolute Gasteiger partial charge is 0.256 e. The molecule has 2 saturated heterocycles. The van der Waals surface area contributed by atoms with Gasteiger partial charge in [-0.15, -0.1) is 0 Å². The predicted molar refractivity (Wildman–Crippen MR) is 147 cm³/mol. The number of carbonyl (C=O) groups is 3. The van der Waals surface area contributed by atoms with E-state index in [0.717, 1.165) is 30.5 Å². The molecule has 2 N–H and O–H groups in total. The van der Waals surface area contributed by atoms with E-state index in [0.29, 0.717) is 48.7 Å². The number of carbonyl (C=O) groups excluding carboxylic acids is 3. The summed E-state index contributed by atoms with van der Waals surface area (Å²) in [5.41, 5.74) is 2.02. The van der Waals surface area contributed by atoms with Crippen molar-refractivity contribution < 1.29 is 24.0 Å². The van der Waals surface area contributed by atoms with Gasteiger partial charge in [0.05, 0.1) is 23.5 Å². The molecule has 0 aliphatic carbocycles. The van der Waals surface area contributed by atoms with Crippen LogP contribution in [0.5, 0.6) is 0 Å². The highest BCUT2D eigenvalue weighted by molar-refractivity contribution is 6.05. The lowest BCUT2D eigenvalue weighted by Crippen LogP contribution is -2.57. The van der Waals surface area contributed by atoms with Gasteiger partial charge in [-0.3, -0.25) is 29.6 Å². The van der Waals surface area contributed by atoms with Gasteiger partial charge in [-0.05, 0) is 43.4 Å². The molecule has 3 aliphatic rings. The highest BCUT2D eigenvalue weighted by Gasteiger charge is 2.54. The van der Waals surface area contributed by atoms with E-state index in [4.69, 9.17) is 9.51 Å². The molecular weight excluding hydrogens is 524 g/mol. The molecule has 0 radical (unpaired) electrons. The zero-order chi connectivity index (χ0) is 28.8. The van der Waals surface area contributed by atoms with Crippen LogP contribution in [0.3, 0.4) is 0 Å². The van der Waals surface area contributed by atoms with Crippen LogP contribution in [0.2, 0.25) is 0 Å². The molecule has 2 fully saturated rings. The first-order valence-electron chi connectivity index (χ1n) is 14.2. The minimum atomic E-state index is -1.17. The van der Waals surface area contributed by atoms with Crippen LogP contribution in [0.25, 0.3) is 11.4 Å². The second kappa shape index (κ2) is 10.5. The molecule has 3 aliphatic heterocycles. The van der Waals surface area contributed by atoms with Gasteiger partial charge in [-0.25, -0.2) is 0 Å². The number of aliphatic hydroxyl groups is 1. The fourth-order valence-corrected chi connectivity index (χ4v) is 6.80. The molecule has 11 heteroatoms. The molecule has 3 amide bonds. The van der Waals surface area contributed by atoms with E-state index in [2.05, 4.69) is 46.3 Å². The normalized spacial score (nSPS) is 24.4. The van der Waals surface area contributed by atoms with Crippen molar-refractivity contribution in [1.29, 1.82) is 0 Å². The third kappa shape index (κ3) is 4.62. The van der Waals surface area contributed by atoms with E-state index < -0.39 is 23.0 Å². The summed E-state index contributed by atoms with van der Waals surface area (Å²) in [5.74, 6) is -0.480. The number of hydrogen-bond acceptors (Lipinski definition) is 9. The molecule has 11 nitrogen and oxygen atoms in total. The average Bonchev–Trinajstić information content (AvgIpc) is 3.63. The van der Waals surface area contributed by atoms with Crippen LogP contribution in [0.15, 0.2) is 47.3 Å². The van der Waals surface area contributed by atoms with Crippen molar-refractivity contribution in [3.63, 3.8) is 0 Å². The molecule has 1 aromatic carbocycles. The first-order valence-corrected chi connectivity index (χ1v) is 14.2. The SMILES string of the molecule is CCC1(CC)CN(Cc2ccc(-c3ncon3)cc2)CC[C@]1(O)c1ccc2c(n1)CN(C1CCC(=O)NC1=O)C2=O. The number of nitrogens with zero attached hydrogens (tertiary/aromatic N) is 5. The Balaban J connectivity index is 1.21. The zero-order valence-electron chi connectivity index (χ0n) is 23.3. The van der Waals surface area contributed by atoms with Crippen LogP contribution >= 0.6 is 0 Å². The summed E-state index contributed by atoms with van der Waals surface area (Å²) in [7, 11) is 0. The minimum Gasteiger partial charge on any atom is -0.383 e. The van der Waals surface area contributed by atoms with Crippen molar-refractivity contribution in [2.75, 3.05) is 13.1 Å². The topological polar surface area (TPSA) is 142 Å². The summed E-state index contributed by atoms with van der Waals surface area (Å²) in [4.78, 5) is 50.1. The third-order valence-corrected chi connectivity index (χ3v) is 9.32. The lowest BCUT2D eigenvalue weighted by molar-refractivity contribution is -0.151. The van der Waals surface area contributed by atoms with Crippen molar-refractivity contribution in [3.8, 4) is 11.4 Å². The van der Waals surface area contributed by atoms with Gasteiger partial charge in [0, 0.05) is 37.0 Å². The fraction of sp³-hybridized carbons (Fsp3) is 0.467. The Kier molecular flexibility index (Phi) is 6.95. The molecule has 2 aromatic heterocycles. The van der Waals surface area contributed by atoms with Gasteiger partial charge < -0.3 is 14.5 Å². The number of nitrogens with one attached hydrogen (secondary N) is 1. The van der Waals surface area contributed by atoms with E-state index >= 15 is 0 Å². The highest BCUT2D eigenvalue weighted by atomic mass is 16.5. The fourth-order valence-electron chi connectivity index (χ4n) is 6.80. The average molecular weight is 559 g/mol. The van der Waals surface area contributed by atoms with E-state index in [1.807, 2.05) is 12.1 Å². The number of fused-ring (bicyclic) bond motifs is 1. The van der Waals surface area contributed by atoms with Crippen LogP contribution in [0.4, 0.5) is 0 Å². The molecule has 41 heavy (non-hydrogen) atoms. The lowest BCUT2D eigenvalue weighted by atomic mass is 9.62. The zero-order valence-corrected chi connectivity index (χ0v) is 23.3. The Labute approximate surface area is 237 Å². The maximum absolute atomic E-state index is 13.2. The first kappa shape index (κ1) is 27.2. The molecule has 0 spiro atoms. The second-order valence-corrected chi connectivity index (χ2v) is 11.4. The predicted octanol–water partition coefficient (Wildman–Crippen LogP) is 2.79. The Morgan fingerprint density at radius 1 is 1.10 bits per heavy atom. The molecule has 2 atom stereocenters. The maximum Gasteiger partial charge on any atom is 0.256 e. The van der Waals surface area contributed by atoms with Gasteiger partial charge in [-0.1, -0.05) is 43.3 Å². The van der Waals surface area contributed by atoms with Crippen molar-refractivity contribution in [3.05, 3.63) is 65.3 Å². The number of pyridine rings is 1. The number of piperidine rings is 2. The van der Waals surface area contributed by atoms with E-state index in [1.165, 1.54) is 11.3 Å². The van der Waals surface area contributed by atoms with Crippen LogP contribution < -0.4 is 5.32 Å². The summed E-state index contributed by atoms with van der Waals surface area (Å²) in [6, 6.07) is 10.9. The van der Waals surface area contributed by atoms with E-state index in [-0.39, 0.29) is 24.8 Å². The van der Waals surface area contributed by atoms with Crippen molar-refractivity contribution >= 4 is 17.7 Å². The molecule has 3 aromatic rings. The van der Waals surface area contributed by atoms with Crippen molar-refractivity contribution in [2.24, 2.45) is 5.41 Å². The minimum absolute atomic E-state index is 0.182. The van der Waals surface area contributed by atoms with E-state index in [9.17, 15) is 19.5 Å². The monoisotopic (exact) mass is 558 g/mol. The summed E-state index contributed by atoms with van der Waals surface area (Å²) in [5, 5.41) is 18.6. The summed E-state index contributed by atoms with van der Waals surface area (Å²) in [6.45, 7) is 6.53. The number of benzene rings is 1. The van der Waals surface area contributed by atoms with Crippen LogP contribution in [0.1, 0.15) is 73.3 Å². The van der Waals surface area contributed by atoms with Gasteiger partial charge in [0.2, 0.25) is 24.0 Å². The molecule has 5 heterocycles. The van der Waals surface area contributed by atoms with Gasteiger partial charge >= 0.3 is 0 Å². The number of rotatable bonds is 7. The molecule has 0 saturated carbocycles. The maximum atomic E-state index is 13.2. The Morgan fingerprint density at radius 2 is 1.88 bits per heavy atom. The second-order valence-electron chi connectivity index (χ2n) is 11.4. The summed E-state index contributed by atoms with van der Waals surface area (Å²) in [6.07, 6.45) is 3.83. The van der Waals surface area contributed by atoms with Gasteiger partial charge in [0.25, 0.3) is 5.91 Å². The van der Waals surface area contributed by atoms with Crippen LogP contribution in [0, 0.1) is 5.41 Å². The molecule has 214 valence electrons. The van der Waals surface area contributed by atoms with E-state index in [1.54, 1.807) is 12.1 Å². The number of aromatic nitrogens is 3. The summed E-state index contributed by atoms with van der Waals surface area (Å²) < 4.78 is 4.85. The Hall–Kier alpha value is -3.96. The molecule has 6 rings (SSSR count). The van der Waals surface area contributed by atoms with Gasteiger partial charge in [-0.2, -0.15) is 4.98 Å². The van der Waals surface area contributed by atoms with Crippen molar-refractivity contribution in [2.45, 2.75) is 70.7 Å². The summed E-state index contributed by atoms with van der Waals surface area (Å²) >= 11 is 0. The lowest BCUT2D eigenvalue weighted by Gasteiger charge is -2.53. The first-order chi connectivity index (χ1) is 19.8. The number of likely N-dealkylation sites (tertiary alicyclic amines) is 1. The van der Waals surface area contributed by atoms with Gasteiger partial charge in [0.1, 0.15) is 11.6 Å². The number of hydrogen-bond donors (Lipinski definition) is 2. The molecular formula is C30H34N6O5. The number of imide groups is 1. The van der Waals surface area contributed by atoms with Crippen molar-refractivity contribution in [1.82, 2.24) is 30.2 Å².